The minimum Gasteiger partial charge on any atom is -0.354 e. The maximum Gasteiger partial charge on any atom is 0.245 e. The zero-order valence-corrected chi connectivity index (χ0v) is 15.9. The molecular weight excluding hydrogens is 383 g/mol. The van der Waals surface area contributed by atoms with Crippen LogP contribution in [0.25, 0.3) is 0 Å². The molecule has 0 radical (unpaired) electrons. The van der Waals surface area contributed by atoms with E-state index >= 15 is 0 Å². The molecule has 2 aromatic rings. The fourth-order valence-electron chi connectivity index (χ4n) is 2.39. The van der Waals surface area contributed by atoms with Gasteiger partial charge < -0.3 is 5.32 Å². The lowest BCUT2D eigenvalue weighted by Gasteiger charge is -2.07. The van der Waals surface area contributed by atoms with E-state index < -0.39 is 0 Å². The smallest absolute Gasteiger partial charge is 0.245 e. The highest BCUT2D eigenvalue weighted by Gasteiger charge is 2.25. The summed E-state index contributed by atoms with van der Waals surface area (Å²) in [6, 6.07) is 9.23. The van der Waals surface area contributed by atoms with Gasteiger partial charge in [-0.1, -0.05) is 35.3 Å². The highest BCUT2D eigenvalue weighted by atomic mass is 35.5. The first-order valence-corrected chi connectivity index (χ1v) is 10.2. The van der Waals surface area contributed by atoms with Crippen LogP contribution in [0.4, 0.5) is 0 Å². The third kappa shape index (κ3) is 4.54. The van der Waals surface area contributed by atoms with Gasteiger partial charge >= 0.3 is 0 Å². The van der Waals surface area contributed by atoms with Gasteiger partial charge in [0.2, 0.25) is 5.91 Å². The summed E-state index contributed by atoms with van der Waals surface area (Å²) in [7, 11) is 0. The number of hydrogen-bond donors (Lipinski definition) is 1. The summed E-state index contributed by atoms with van der Waals surface area (Å²) in [5.41, 5.74) is 0.867. The molecule has 7 heteroatoms. The van der Waals surface area contributed by atoms with Crippen molar-refractivity contribution in [2.45, 2.75) is 18.9 Å². The van der Waals surface area contributed by atoms with E-state index in [1.54, 1.807) is 23.1 Å². The predicted molar refractivity (Wildman–Crippen MR) is 105 cm³/mol. The molecule has 24 heavy (non-hydrogen) atoms. The number of thioether (sulfide) groups is 1. The van der Waals surface area contributed by atoms with Crippen molar-refractivity contribution >= 4 is 57.3 Å². The number of hydrogen-bond acceptors (Lipinski definition) is 4. The van der Waals surface area contributed by atoms with Gasteiger partial charge in [0, 0.05) is 33.6 Å². The normalized spacial score (nSPS) is 16.9. The van der Waals surface area contributed by atoms with E-state index in [1.807, 2.05) is 29.6 Å². The number of thiophene rings is 1. The Morgan fingerprint density at radius 2 is 2.04 bits per heavy atom. The molecule has 0 spiro atoms. The summed E-state index contributed by atoms with van der Waals surface area (Å²) in [6.45, 7) is 0.641. The Hall–Kier alpha value is -1.01. The van der Waals surface area contributed by atoms with Crippen molar-refractivity contribution in [3.63, 3.8) is 0 Å². The molecule has 0 bridgehead atoms. The molecule has 0 saturated carbocycles. The average molecular weight is 399 g/mol. The molecule has 1 N–H and O–H groups in total. The minimum absolute atomic E-state index is 0.0145. The van der Waals surface area contributed by atoms with Crippen molar-refractivity contribution < 1.29 is 4.79 Å². The molecule has 0 fully saturated rings. The van der Waals surface area contributed by atoms with Crippen LogP contribution in [0.5, 0.6) is 0 Å². The highest BCUT2D eigenvalue weighted by Crippen LogP contribution is 2.29. The summed E-state index contributed by atoms with van der Waals surface area (Å²) in [4.78, 5) is 18.0. The van der Waals surface area contributed by atoms with Gasteiger partial charge in [0.25, 0.3) is 0 Å². The van der Waals surface area contributed by atoms with Gasteiger partial charge in [0.05, 0.1) is 5.04 Å². The van der Waals surface area contributed by atoms with E-state index in [0.29, 0.717) is 28.8 Å². The van der Waals surface area contributed by atoms with Gasteiger partial charge in [0.15, 0.2) is 0 Å². The van der Waals surface area contributed by atoms with Crippen LogP contribution in [0.2, 0.25) is 10.0 Å². The van der Waals surface area contributed by atoms with Crippen LogP contribution in [0.1, 0.15) is 10.4 Å². The van der Waals surface area contributed by atoms with E-state index in [1.165, 1.54) is 4.88 Å². The Labute approximate surface area is 159 Å². The topological polar surface area (TPSA) is 41.5 Å². The van der Waals surface area contributed by atoms with E-state index in [4.69, 9.17) is 23.2 Å². The Balaban J connectivity index is 1.54. The number of benzene rings is 1. The standard InChI is InChI=1S/C17H16Cl2N2OS2/c18-13-4-1-5-14(19)12(13)9-16-21-15(10-24-16)17(22)20-7-6-11-3-2-8-23-11/h1-5,8,15H,6-7,9-10H2,(H,20,22). The predicted octanol–water partition coefficient (Wildman–Crippen LogP) is 4.47. The molecule has 2 heterocycles. The largest absolute Gasteiger partial charge is 0.354 e. The number of amides is 1. The van der Waals surface area contributed by atoms with Crippen LogP contribution in [0.15, 0.2) is 40.7 Å². The second-order valence-corrected chi connectivity index (χ2v) is 8.29. The Morgan fingerprint density at radius 3 is 2.75 bits per heavy atom. The van der Waals surface area contributed by atoms with Crippen LogP contribution in [-0.2, 0) is 17.6 Å². The molecule has 1 aromatic carbocycles. The van der Waals surface area contributed by atoms with E-state index in [-0.39, 0.29) is 11.9 Å². The SMILES string of the molecule is O=C(NCCc1cccs1)C1CSC(Cc2c(Cl)cccc2Cl)=N1. The van der Waals surface area contributed by atoms with Crippen LogP contribution in [-0.4, -0.2) is 29.3 Å². The number of halogens is 2. The molecule has 1 aromatic heterocycles. The fourth-order valence-corrected chi connectivity index (χ4v) is 4.65. The van der Waals surface area contributed by atoms with E-state index in [9.17, 15) is 4.79 Å². The Morgan fingerprint density at radius 1 is 1.25 bits per heavy atom. The maximum absolute atomic E-state index is 12.2. The maximum atomic E-state index is 12.2. The molecule has 1 aliphatic rings. The lowest BCUT2D eigenvalue weighted by Crippen LogP contribution is -2.35. The molecule has 0 aliphatic carbocycles. The third-order valence-electron chi connectivity index (χ3n) is 3.65. The lowest BCUT2D eigenvalue weighted by molar-refractivity contribution is -0.121. The summed E-state index contributed by atoms with van der Waals surface area (Å²) in [6.07, 6.45) is 1.43. The third-order valence-corrected chi connectivity index (χ3v) is 6.36. The summed E-state index contributed by atoms with van der Waals surface area (Å²) in [5, 5.41) is 7.18. The number of rotatable bonds is 6. The van der Waals surface area contributed by atoms with E-state index in [0.717, 1.165) is 17.0 Å². The number of carbonyl (C=O) groups is 1. The monoisotopic (exact) mass is 398 g/mol. The van der Waals surface area contributed by atoms with Crippen LogP contribution >= 0.6 is 46.3 Å². The van der Waals surface area contributed by atoms with Crippen molar-refractivity contribution in [3.05, 3.63) is 56.2 Å². The second-order valence-electron chi connectivity index (χ2n) is 5.35. The number of nitrogens with one attached hydrogen (secondary N) is 1. The molecular formula is C17H16Cl2N2OS2. The second kappa shape index (κ2) is 8.39. The Kier molecular flexibility index (Phi) is 6.22. The molecule has 1 atom stereocenters. The Bertz CT molecular complexity index is 727. The van der Waals surface area contributed by atoms with E-state index in [2.05, 4.69) is 16.4 Å². The van der Waals surface area contributed by atoms with Gasteiger partial charge in [-0.15, -0.1) is 23.1 Å². The van der Waals surface area contributed by atoms with Gasteiger partial charge in [0.1, 0.15) is 6.04 Å². The lowest BCUT2D eigenvalue weighted by atomic mass is 10.1. The van der Waals surface area contributed by atoms with Crippen molar-refractivity contribution in [1.29, 1.82) is 0 Å². The zero-order chi connectivity index (χ0) is 16.9. The van der Waals surface area contributed by atoms with Crippen LogP contribution in [0.3, 0.4) is 0 Å². The first-order valence-electron chi connectivity index (χ1n) is 7.56. The van der Waals surface area contributed by atoms with Gasteiger partial charge in [-0.2, -0.15) is 0 Å². The molecule has 0 saturated heterocycles. The van der Waals surface area contributed by atoms with Crippen molar-refractivity contribution in [2.75, 3.05) is 12.3 Å². The first kappa shape index (κ1) is 17.8. The number of carbonyl (C=O) groups excluding carboxylic acids is 1. The zero-order valence-electron chi connectivity index (χ0n) is 12.8. The van der Waals surface area contributed by atoms with Crippen molar-refractivity contribution in [1.82, 2.24) is 5.32 Å². The summed E-state index contributed by atoms with van der Waals surface area (Å²) < 4.78 is 0. The van der Waals surface area contributed by atoms with Crippen LogP contribution < -0.4 is 5.32 Å². The molecule has 1 aliphatic heterocycles. The minimum atomic E-state index is -0.324. The van der Waals surface area contributed by atoms with Crippen LogP contribution in [0, 0.1) is 0 Å². The first-order chi connectivity index (χ1) is 11.6. The molecule has 1 unspecified atom stereocenters. The van der Waals surface area contributed by atoms with Gasteiger partial charge in [-0.3, -0.25) is 9.79 Å². The summed E-state index contributed by atoms with van der Waals surface area (Å²) in [5.74, 6) is 0.654. The molecule has 126 valence electrons. The number of nitrogens with zero attached hydrogens (tertiary/aromatic N) is 1. The highest BCUT2D eigenvalue weighted by molar-refractivity contribution is 8.14. The molecule has 3 rings (SSSR count). The van der Waals surface area contributed by atoms with Crippen molar-refractivity contribution in [2.24, 2.45) is 4.99 Å². The molecule has 1 amide bonds. The average Bonchev–Trinajstić information content (AvgIpc) is 3.23. The van der Waals surface area contributed by atoms with Gasteiger partial charge in [-0.25, -0.2) is 0 Å². The fraction of sp³-hybridized carbons (Fsp3) is 0.294. The van der Waals surface area contributed by atoms with Crippen molar-refractivity contribution in [3.8, 4) is 0 Å². The quantitative estimate of drug-likeness (QED) is 0.779. The summed E-state index contributed by atoms with van der Waals surface area (Å²) >= 11 is 15.7. The number of aliphatic imine (C=N–C) groups is 1. The van der Waals surface area contributed by atoms with Gasteiger partial charge in [-0.05, 0) is 35.6 Å². The molecule has 3 nitrogen and oxygen atoms in total.